The molecule has 0 bridgehead atoms. The molecule has 2 rings (SSSR count). The first-order valence-corrected chi connectivity index (χ1v) is 7.94. The molecule has 1 aromatic heterocycles. The first-order valence-electron chi connectivity index (χ1n) is 7.12. The van der Waals surface area contributed by atoms with E-state index in [-0.39, 0.29) is 5.84 Å². The molecule has 2 aromatic rings. The van der Waals surface area contributed by atoms with Crippen LogP contribution in [0.2, 0.25) is 0 Å². The molecule has 0 fully saturated rings. The van der Waals surface area contributed by atoms with Crippen LogP contribution in [0, 0.1) is 12.3 Å². The van der Waals surface area contributed by atoms with Crippen molar-refractivity contribution >= 4 is 17.2 Å². The number of rotatable bonds is 7. The SMILES string of the molecule is CCCc1nc(CCOc2ccc(C)cc2)sc1C(=N)N. The van der Waals surface area contributed by atoms with E-state index in [1.165, 1.54) is 16.9 Å². The maximum Gasteiger partial charge on any atom is 0.135 e. The molecule has 112 valence electrons. The quantitative estimate of drug-likeness (QED) is 0.609. The minimum atomic E-state index is 0.113. The summed E-state index contributed by atoms with van der Waals surface area (Å²) in [5.41, 5.74) is 7.78. The van der Waals surface area contributed by atoms with Gasteiger partial charge in [-0.05, 0) is 25.5 Å². The standard InChI is InChI=1S/C16H21N3OS/c1-3-4-13-15(16(17)18)21-14(19-13)9-10-20-12-7-5-11(2)6-8-12/h5-8H,3-4,9-10H2,1-2H3,(H3,17,18). The average Bonchev–Trinajstić information content (AvgIpc) is 2.85. The van der Waals surface area contributed by atoms with Crippen molar-refractivity contribution in [1.82, 2.24) is 4.98 Å². The average molecular weight is 303 g/mol. The van der Waals surface area contributed by atoms with E-state index in [2.05, 4.69) is 18.8 Å². The third kappa shape index (κ3) is 4.29. The van der Waals surface area contributed by atoms with Crippen molar-refractivity contribution in [1.29, 1.82) is 5.41 Å². The number of ether oxygens (including phenoxy) is 1. The number of benzene rings is 1. The predicted octanol–water partition coefficient (Wildman–Crippen LogP) is 3.31. The molecule has 0 aliphatic carbocycles. The van der Waals surface area contributed by atoms with Gasteiger partial charge in [-0.3, -0.25) is 5.41 Å². The van der Waals surface area contributed by atoms with Gasteiger partial charge >= 0.3 is 0 Å². The topological polar surface area (TPSA) is 72.0 Å². The monoisotopic (exact) mass is 303 g/mol. The zero-order chi connectivity index (χ0) is 15.2. The van der Waals surface area contributed by atoms with E-state index in [0.717, 1.165) is 40.6 Å². The van der Waals surface area contributed by atoms with Gasteiger partial charge in [0.1, 0.15) is 11.6 Å². The Balaban J connectivity index is 1.95. The van der Waals surface area contributed by atoms with Gasteiger partial charge in [-0.2, -0.15) is 0 Å². The number of nitrogens with two attached hydrogens (primary N) is 1. The minimum Gasteiger partial charge on any atom is -0.493 e. The molecule has 0 saturated heterocycles. The summed E-state index contributed by atoms with van der Waals surface area (Å²) in [7, 11) is 0. The fourth-order valence-corrected chi connectivity index (χ4v) is 2.97. The van der Waals surface area contributed by atoms with E-state index in [1.807, 2.05) is 24.3 Å². The van der Waals surface area contributed by atoms with Crippen molar-refractivity contribution in [3.05, 3.63) is 45.4 Å². The molecule has 0 amide bonds. The van der Waals surface area contributed by atoms with E-state index in [4.69, 9.17) is 15.9 Å². The van der Waals surface area contributed by atoms with E-state index in [9.17, 15) is 0 Å². The molecule has 1 aromatic carbocycles. The van der Waals surface area contributed by atoms with Crippen LogP contribution < -0.4 is 10.5 Å². The van der Waals surface area contributed by atoms with Crippen LogP contribution in [-0.2, 0) is 12.8 Å². The minimum absolute atomic E-state index is 0.113. The second-order valence-corrected chi connectivity index (χ2v) is 6.04. The van der Waals surface area contributed by atoms with Crippen molar-refractivity contribution in [2.75, 3.05) is 6.61 Å². The molecule has 21 heavy (non-hydrogen) atoms. The molecule has 0 aliphatic rings. The fraction of sp³-hybridized carbons (Fsp3) is 0.375. The van der Waals surface area contributed by atoms with E-state index >= 15 is 0 Å². The maximum atomic E-state index is 7.62. The van der Waals surface area contributed by atoms with Crippen LogP contribution >= 0.6 is 11.3 Å². The van der Waals surface area contributed by atoms with Crippen molar-refractivity contribution in [2.45, 2.75) is 33.1 Å². The molecule has 5 heteroatoms. The summed E-state index contributed by atoms with van der Waals surface area (Å²) in [6, 6.07) is 8.01. The molecule has 0 radical (unpaired) electrons. The van der Waals surface area contributed by atoms with E-state index in [0.29, 0.717) is 6.61 Å². The summed E-state index contributed by atoms with van der Waals surface area (Å²) in [5, 5.41) is 8.60. The fourth-order valence-electron chi connectivity index (χ4n) is 2.02. The molecule has 0 unspecified atom stereocenters. The Morgan fingerprint density at radius 3 is 2.62 bits per heavy atom. The highest BCUT2D eigenvalue weighted by Crippen LogP contribution is 2.20. The normalized spacial score (nSPS) is 10.6. The van der Waals surface area contributed by atoms with Gasteiger partial charge in [-0.15, -0.1) is 11.3 Å². The Bertz CT molecular complexity index is 604. The Morgan fingerprint density at radius 1 is 1.29 bits per heavy atom. The van der Waals surface area contributed by atoms with Gasteiger partial charge in [-0.25, -0.2) is 4.98 Å². The zero-order valence-corrected chi connectivity index (χ0v) is 13.3. The molecule has 1 heterocycles. The lowest BCUT2D eigenvalue weighted by Gasteiger charge is -2.04. The Morgan fingerprint density at radius 2 is 2.00 bits per heavy atom. The molecule has 0 atom stereocenters. The smallest absolute Gasteiger partial charge is 0.135 e. The molecular weight excluding hydrogens is 282 g/mol. The van der Waals surface area contributed by atoms with Crippen LogP contribution in [0.1, 0.15) is 34.5 Å². The van der Waals surface area contributed by atoms with E-state index < -0.39 is 0 Å². The van der Waals surface area contributed by atoms with E-state index in [1.54, 1.807) is 0 Å². The highest BCUT2D eigenvalue weighted by atomic mass is 32.1. The number of hydrogen-bond acceptors (Lipinski definition) is 4. The summed E-state index contributed by atoms with van der Waals surface area (Å²) in [5.74, 6) is 0.986. The first kappa shape index (κ1) is 15.5. The number of aryl methyl sites for hydroxylation is 2. The van der Waals surface area contributed by atoms with Crippen LogP contribution in [0.25, 0.3) is 0 Å². The molecule has 0 aliphatic heterocycles. The van der Waals surface area contributed by atoms with Gasteiger partial charge < -0.3 is 10.5 Å². The van der Waals surface area contributed by atoms with Gasteiger partial charge in [0, 0.05) is 6.42 Å². The van der Waals surface area contributed by atoms with Crippen molar-refractivity contribution in [2.24, 2.45) is 5.73 Å². The van der Waals surface area contributed by atoms with Crippen LogP contribution in [0.3, 0.4) is 0 Å². The second-order valence-electron chi connectivity index (χ2n) is 4.96. The molecule has 0 saturated carbocycles. The third-order valence-corrected chi connectivity index (χ3v) is 4.27. The predicted molar refractivity (Wildman–Crippen MR) is 87.5 cm³/mol. The number of aromatic nitrogens is 1. The lowest BCUT2D eigenvalue weighted by Crippen LogP contribution is -2.11. The van der Waals surface area contributed by atoms with Crippen molar-refractivity contribution in [3.8, 4) is 5.75 Å². The summed E-state index contributed by atoms with van der Waals surface area (Å²) in [4.78, 5) is 5.39. The zero-order valence-electron chi connectivity index (χ0n) is 12.5. The number of nitrogens with one attached hydrogen (secondary N) is 1. The lowest BCUT2D eigenvalue weighted by atomic mass is 10.2. The van der Waals surface area contributed by atoms with Crippen molar-refractivity contribution < 1.29 is 4.74 Å². The number of hydrogen-bond donors (Lipinski definition) is 2. The summed E-state index contributed by atoms with van der Waals surface area (Å²) in [6.07, 6.45) is 2.61. The number of thiazole rings is 1. The molecule has 0 spiro atoms. The second kappa shape index (κ2) is 7.22. The van der Waals surface area contributed by atoms with Gasteiger partial charge in [0.2, 0.25) is 0 Å². The number of nitrogens with zero attached hydrogens (tertiary/aromatic N) is 1. The number of nitrogen functional groups attached to an aromatic ring is 1. The Labute approximate surface area is 129 Å². The first-order chi connectivity index (χ1) is 10.1. The highest BCUT2D eigenvalue weighted by Gasteiger charge is 2.12. The number of amidine groups is 1. The summed E-state index contributed by atoms with van der Waals surface area (Å²) >= 11 is 1.50. The van der Waals surface area contributed by atoms with Gasteiger partial charge in [0.05, 0.1) is 22.2 Å². The van der Waals surface area contributed by atoms with Crippen LogP contribution in [-0.4, -0.2) is 17.4 Å². The lowest BCUT2D eigenvalue weighted by molar-refractivity contribution is 0.321. The highest BCUT2D eigenvalue weighted by molar-refractivity contribution is 7.13. The summed E-state index contributed by atoms with van der Waals surface area (Å²) in [6.45, 7) is 4.74. The van der Waals surface area contributed by atoms with Crippen LogP contribution in [0.4, 0.5) is 0 Å². The molecule has 3 N–H and O–H groups in total. The van der Waals surface area contributed by atoms with Crippen LogP contribution in [0.5, 0.6) is 5.75 Å². The van der Waals surface area contributed by atoms with Crippen molar-refractivity contribution in [3.63, 3.8) is 0 Å². The van der Waals surface area contributed by atoms with Gasteiger partial charge in [0.15, 0.2) is 0 Å². The summed E-state index contributed by atoms with van der Waals surface area (Å²) < 4.78 is 5.72. The largest absolute Gasteiger partial charge is 0.493 e. The Hall–Kier alpha value is -1.88. The molecule has 4 nitrogen and oxygen atoms in total. The Kier molecular flexibility index (Phi) is 5.33. The van der Waals surface area contributed by atoms with Gasteiger partial charge in [0.25, 0.3) is 0 Å². The third-order valence-electron chi connectivity index (χ3n) is 3.08. The molecular formula is C16H21N3OS. The maximum absolute atomic E-state index is 7.62. The van der Waals surface area contributed by atoms with Gasteiger partial charge in [-0.1, -0.05) is 31.0 Å². The van der Waals surface area contributed by atoms with Crippen LogP contribution in [0.15, 0.2) is 24.3 Å².